The zero-order valence-corrected chi connectivity index (χ0v) is 16.6. The molecule has 0 aliphatic carbocycles. The molecule has 0 spiro atoms. The van der Waals surface area contributed by atoms with E-state index in [2.05, 4.69) is 9.97 Å². The van der Waals surface area contributed by atoms with E-state index in [-0.39, 0.29) is 0 Å². The van der Waals surface area contributed by atoms with E-state index >= 15 is 0 Å². The first-order valence-corrected chi connectivity index (χ1v) is 10.4. The van der Waals surface area contributed by atoms with Gasteiger partial charge in [0.25, 0.3) is 10.0 Å². The minimum atomic E-state index is -3.40. The lowest BCUT2D eigenvalue weighted by Crippen LogP contribution is -2.49. The van der Waals surface area contributed by atoms with Crippen LogP contribution in [0.15, 0.2) is 22.4 Å². The zero-order valence-electron chi connectivity index (χ0n) is 14.9. The highest BCUT2D eigenvalue weighted by atomic mass is 32.2. The lowest BCUT2D eigenvalue weighted by Gasteiger charge is -2.34. The molecule has 1 aliphatic heterocycles. The molecule has 0 radical (unpaired) electrons. The van der Waals surface area contributed by atoms with Gasteiger partial charge in [-0.15, -0.1) is 11.3 Å². The van der Waals surface area contributed by atoms with Gasteiger partial charge >= 0.3 is 0 Å². The first-order chi connectivity index (χ1) is 11.8. The highest BCUT2D eigenvalue weighted by molar-refractivity contribution is 7.91. The molecule has 0 aromatic carbocycles. The highest BCUT2D eigenvalue weighted by Crippen LogP contribution is 2.26. The molecule has 9 heteroatoms. The Morgan fingerprint density at radius 1 is 1.08 bits per heavy atom. The van der Waals surface area contributed by atoms with Crippen molar-refractivity contribution in [3.05, 3.63) is 28.8 Å². The fourth-order valence-corrected chi connectivity index (χ4v) is 5.57. The lowest BCUT2D eigenvalue weighted by molar-refractivity contribution is 0.383. The van der Waals surface area contributed by atoms with Gasteiger partial charge in [-0.25, -0.2) is 13.4 Å². The van der Waals surface area contributed by atoms with Crippen LogP contribution in [0.1, 0.15) is 10.6 Å². The van der Waals surface area contributed by atoms with Crippen molar-refractivity contribution >= 4 is 33.1 Å². The summed E-state index contributed by atoms with van der Waals surface area (Å²) in [5.74, 6) is 1.51. The van der Waals surface area contributed by atoms with Crippen LogP contribution in [0, 0.1) is 13.8 Å². The maximum atomic E-state index is 12.7. The molecule has 7 nitrogen and oxygen atoms in total. The van der Waals surface area contributed by atoms with Crippen molar-refractivity contribution in [1.82, 2.24) is 14.3 Å². The lowest BCUT2D eigenvalue weighted by atomic mass is 10.3. The fourth-order valence-electron chi connectivity index (χ4n) is 2.71. The third-order valence-corrected chi connectivity index (χ3v) is 7.49. The largest absolute Gasteiger partial charge is 0.363 e. The van der Waals surface area contributed by atoms with Gasteiger partial charge in [-0.2, -0.15) is 9.29 Å². The smallest absolute Gasteiger partial charge is 0.252 e. The van der Waals surface area contributed by atoms with Crippen LogP contribution in [0.5, 0.6) is 0 Å². The first kappa shape index (κ1) is 18.1. The van der Waals surface area contributed by atoms with Crippen molar-refractivity contribution in [2.75, 3.05) is 50.1 Å². The molecule has 3 heterocycles. The second-order valence-corrected chi connectivity index (χ2v) is 9.77. The highest BCUT2D eigenvalue weighted by Gasteiger charge is 2.30. The van der Waals surface area contributed by atoms with Crippen LogP contribution < -0.4 is 9.80 Å². The van der Waals surface area contributed by atoms with E-state index in [1.807, 2.05) is 49.9 Å². The molecule has 1 fully saturated rings. The number of sulfonamides is 1. The predicted octanol–water partition coefficient (Wildman–Crippen LogP) is 1.73. The van der Waals surface area contributed by atoms with Crippen molar-refractivity contribution in [3.8, 4) is 0 Å². The molecule has 3 rings (SSSR count). The number of rotatable bonds is 4. The Bertz CT molecular complexity index is 855. The van der Waals surface area contributed by atoms with E-state index in [0.29, 0.717) is 36.3 Å². The minimum absolute atomic E-state index is 0.417. The summed E-state index contributed by atoms with van der Waals surface area (Å²) in [7, 11) is 0.487. The summed E-state index contributed by atoms with van der Waals surface area (Å²) in [6.45, 7) is 5.90. The maximum Gasteiger partial charge on any atom is 0.252 e. The molecule has 2 aromatic rings. The normalized spacial score (nSPS) is 16.2. The Labute approximate surface area is 153 Å². The molecule has 0 saturated carbocycles. The fraction of sp³-hybridized carbons (Fsp3) is 0.500. The topological polar surface area (TPSA) is 69.6 Å². The monoisotopic (exact) mass is 381 g/mol. The summed E-state index contributed by atoms with van der Waals surface area (Å²) < 4.78 is 27.4. The molecular weight excluding hydrogens is 358 g/mol. The van der Waals surface area contributed by atoms with Gasteiger partial charge in [-0.1, -0.05) is 0 Å². The molecule has 1 saturated heterocycles. The second kappa shape index (κ2) is 6.89. The van der Waals surface area contributed by atoms with Crippen molar-refractivity contribution in [2.24, 2.45) is 0 Å². The van der Waals surface area contributed by atoms with Crippen molar-refractivity contribution < 1.29 is 8.42 Å². The Morgan fingerprint density at radius 3 is 2.32 bits per heavy atom. The van der Waals surface area contributed by atoms with E-state index < -0.39 is 10.0 Å². The Hall–Kier alpha value is -1.71. The molecule has 25 heavy (non-hydrogen) atoms. The van der Waals surface area contributed by atoms with Gasteiger partial charge in [0.2, 0.25) is 5.95 Å². The number of nitrogens with zero attached hydrogens (tertiary/aromatic N) is 5. The van der Waals surface area contributed by atoms with Crippen molar-refractivity contribution in [2.45, 2.75) is 18.1 Å². The number of anilines is 2. The summed E-state index contributed by atoms with van der Waals surface area (Å²) in [6, 6.07) is 5.47. The summed E-state index contributed by atoms with van der Waals surface area (Å²) in [5, 5.41) is 0. The van der Waals surface area contributed by atoms with Gasteiger partial charge in [0.05, 0.1) is 0 Å². The van der Waals surface area contributed by atoms with Gasteiger partial charge in [-0.3, -0.25) is 0 Å². The van der Waals surface area contributed by atoms with Crippen molar-refractivity contribution in [3.63, 3.8) is 0 Å². The van der Waals surface area contributed by atoms with Gasteiger partial charge in [0.1, 0.15) is 10.0 Å². The molecule has 136 valence electrons. The van der Waals surface area contributed by atoms with Crippen LogP contribution in [0.3, 0.4) is 0 Å². The Kier molecular flexibility index (Phi) is 4.99. The first-order valence-electron chi connectivity index (χ1n) is 8.12. The predicted molar refractivity (Wildman–Crippen MR) is 101 cm³/mol. The number of thiophene rings is 1. The van der Waals surface area contributed by atoms with E-state index in [1.54, 1.807) is 10.4 Å². The summed E-state index contributed by atoms with van der Waals surface area (Å²) in [6.07, 6.45) is 0. The molecular formula is C16H23N5O2S2. The van der Waals surface area contributed by atoms with Crippen LogP contribution in [0.25, 0.3) is 0 Å². The van der Waals surface area contributed by atoms with Gasteiger partial charge in [0.15, 0.2) is 0 Å². The number of aryl methyl sites for hydroxylation is 2. The minimum Gasteiger partial charge on any atom is -0.363 e. The SMILES string of the molecule is Cc1cc(N(C)C)nc(N2CCN(S(=O)(=O)c3ccc(C)s3)CC2)n1. The molecule has 0 unspecified atom stereocenters. The third kappa shape index (κ3) is 3.78. The number of hydrogen-bond acceptors (Lipinski definition) is 7. The Balaban J connectivity index is 1.74. The summed E-state index contributed by atoms with van der Waals surface area (Å²) in [4.78, 5) is 14.1. The molecule has 0 bridgehead atoms. The van der Waals surface area contributed by atoms with Crippen molar-refractivity contribution in [1.29, 1.82) is 0 Å². The molecule has 2 aromatic heterocycles. The van der Waals surface area contributed by atoms with E-state index in [4.69, 9.17) is 0 Å². The number of piperazine rings is 1. The number of aromatic nitrogens is 2. The van der Waals surface area contributed by atoms with Crippen LogP contribution in [-0.2, 0) is 10.0 Å². The average Bonchev–Trinajstić information content (AvgIpc) is 3.01. The van der Waals surface area contributed by atoms with E-state index in [9.17, 15) is 8.42 Å². The van der Waals surface area contributed by atoms with Gasteiger partial charge < -0.3 is 9.80 Å². The van der Waals surface area contributed by atoms with E-state index in [1.165, 1.54) is 11.3 Å². The molecule has 0 N–H and O–H groups in total. The van der Waals surface area contributed by atoms with Crippen LogP contribution >= 0.6 is 11.3 Å². The van der Waals surface area contributed by atoms with Crippen LogP contribution in [0.2, 0.25) is 0 Å². The third-order valence-electron chi connectivity index (χ3n) is 4.12. The molecule has 1 aliphatic rings. The Morgan fingerprint density at radius 2 is 1.76 bits per heavy atom. The zero-order chi connectivity index (χ0) is 18.2. The van der Waals surface area contributed by atoms with Gasteiger partial charge in [-0.05, 0) is 26.0 Å². The number of hydrogen-bond donors (Lipinski definition) is 0. The standard InChI is InChI=1S/C16H23N5O2S2/c1-12-11-14(19(3)4)18-16(17-12)20-7-9-21(10-8-20)25(22,23)15-6-5-13(2)24-15/h5-6,11H,7-10H2,1-4H3. The second-order valence-electron chi connectivity index (χ2n) is 6.32. The van der Waals surface area contributed by atoms with Gasteiger partial charge in [0, 0.05) is 56.9 Å². The molecule has 0 atom stereocenters. The van der Waals surface area contributed by atoms with E-state index in [0.717, 1.165) is 16.4 Å². The maximum absolute atomic E-state index is 12.7. The van der Waals surface area contributed by atoms with Crippen LogP contribution in [0.4, 0.5) is 11.8 Å². The average molecular weight is 382 g/mol. The summed E-state index contributed by atoms with van der Waals surface area (Å²) >= 11 is 1.32. The quantitative estimate of drug-likeness (QED) is 0.803. The molecule has 0 amide bonds. The van der Waals surface area contributed by atoms with Crippen LogP contribution in [-0.4, -0.2) is 63.0 Å². The summed E-state index contributed by atoms with van der Waals surface area (Å²) in [5.41, 5.74) is 0.901.